The van der Waals surface area contributed by atoms with E-state index >= 15 is 0 Å². The number of hydrogen-bond donors (Lipinski definition) is 2. The number of hydrogen-bond acceptors (Lipinski definition) is 5. The fourth-order valence-electron chi connectivity index (χ4n) is 1.40. The Labute approximate surface area is 107 Å². The Hall–Kier alpha value is -1.24. The van der Waals surface area contributed by atoms with Crippen molar-refractivity contribution in [2.45, 2.75) is 20.0 Å². The first-order chi connectivity index (χ1) is 8.15. The summed E-state index contributed by atoms with van der Waals surface area (Å²) in [7, 11) is 0. The van der Waals surface area contributed by atoms with E-state index in [4.69, 9.17) is 5.73 Å². The lowest BCUT2D eigenvalue weighted by Crippen LogP contribution is -2.11. The molecule has 2 aromatic heterocycles. The molecule has 0 atom stereocenters. The summed E-state index contributed by atoms with van der Waals surface area (Å²) in [5, 5.41) is 6.18. The van der Waals surface area contributed by atoms with Crippen LogP contribution in [0, 0.1) is 6.92 Å². The van der Waals surface area contributed by atoms with Crippen molar-refractivity contribution in [1.82, 2.24) is 10.3 Å². The smallest absolute Gasteiger partial charge is 0.249 e. The Bertz CT molecular complexity index is 518. The summed E-state index contributed by atoms with van der Waals surface area (Å²) in [4.78, 5) is 17.4. The van der Waals surface area contributed by atoms with E-state index in [2.05, 4.69) is 10.3 Å². The molecule has 17 heavy (non-hydrogen) atoms. The standard InChI is InChI=1S/C11H13N3OS2/c1-7-14-5-10(17-7)4-13-3-9-2-8(6-16-9)11(12)15/h2,5-6,13H,3-4H2,1H3,(H2,12,15). The number of carbonyl (C=O) groups is 1. The van der Waals surface area contributed by atoms with Gasteiger partial charge in [-0.3, -0.25) is 4.79 Å². The van der Waals surface area contributed by atoms with Crippen molar-refractivity contribution >= 4 is 28.6 Å². The summed E-state index contributed by atoms with van der Waals surface area (Å²) >= 11 is 3.23. The van der Waals surface area contributed by atoms with Gasteiger partial charge in [0.15, 0.2) is 0 Å². The van der Waals surface area contributed by atoms with Crippen LogP contribution in [0.25, 0.3) is 0 Å². The van der Waals surface area contributed by atoms with E-state index in [1.165, 1.54) is 4.88 Å². The second-order valence-corrected chi connectivity index (χ2v) is 5.93. The topological polar surface area (TPSA) is 68.0 Å². The van der Waals surface area contributed by atoms with Crippen molar-refractivity contribution in [1.29, 1.82) is 0 Å². The molecule has 2 heterocycles. The Morgan fingerprint density at radius 3 is 2.82 bits per heavy atom. The molecule has 0 aliphatic carbocycles. The molecule has 0 saturated carbocycles. The Kier molecular flexibility index (Phi) is 3.88. The highest BCUT2D eigenvalue weighted by Crippen LogP contribution is 2.15. The maximum atomic E-state index is 10.9. The highest BCUT2D eigenvalue weighted by Gasteiger charge is 2.04. The predicted molar refractivity (Wildman–Crippen MR) is 70.2 cm³/mol. The number of aryl methyl sites for hydroxylation is 1. The zero-order chi connectivity index (χ0) is 12.3. The van der Waals surface area contributed by atoms with Gasteiger partial charge >= 0.3 is 0 Å². The minimum Gasteiger partial charge on any atom is -0.366 e. The van der Waals surface area contributed by atoms with Crippen LogP contribution in [0.1, 0.15) is 25.1 Å². The number of aromatic nitrogens is 1. The van der Waals surface area contributed by atoms with Gasteiger partial charge < -0.3 is 11.1 Å². The number of nitrogens with zero attached hydrogens (tertiary/aromatic N) is 1. The molecule has 6 heteroatoms. The van der Waals surface area contributed by atoms with Gasteiger partial charge in [0.05, 0.1) is 10.6 Å². The Morgan fingerprint density at radius 1 is 1.47 bits per heavy atom. The molecule has 0 unspecified atom stereocenters. The first kappa shape index (κ1) is 12.2. The number of thiazole rings is 1. The molecule has 0 aliphatic heterocycles. The molecule has 4 nitrogen and oxygen atoms in total. The molecule has 0 aliphatic rings. The summed E-state index contributed by atoms with van der Waals surface area (Å²) in [5.41, 5.74) is 5.77. The predicted octanol–water partition coefficient (Wildman–Crippen LogP) is 1.90. The average Bonchev–Trinajstić information content (AvgIpc) is 2.88. The van der Waals surface area contributed by atoms with Gasteiger partial charge in [-0.1, -0.05) is 0 Å². The van der Waals surface area contributed by atoms with Crippen LogP contribution in [0.3, 0.4) is 0 Å². The molecule has 3 N–H and O–H groups in total. The number of carbonyl (C=O) groups excluding carboxylic acids is 1. The van der Waals surface area contributed by atoms with Crippen molar-refractivity contribution in [2.75, 3.05) is 0 Å². The van der Waals surface area contributed by atoms with Crippen molar-refractivity contribution in [2.24, 2.45) is 5.73 Å². The van der Waals surface area contributed by atoms with Crippen LogP contribution < -0.4 is 11.1 Å². The van der Waals surface area contributed by atoms with Crippen LogP contribution in [0.4, 0.5) is 0 Å². The quantitative estimate of drug-likeness (QED) is 0.869. The van der Waals surface area contributed by atoms with Crippen molar-refractivity contribution in [3.8, 4) is 0 Å². The fourth-order valence-corrected chi connectivity index (χ4v) is 3.01. The molecule has 0 fully saturated rings. The Morgan fingerprint density at radius 2 is 2.24 bits per heavy atom. The third-order valence-electron chi connectivity index (χ3n) is 2.21. The molecule has 2 rings (SSSR count). The molecular formula is C11H13N3OS2. The van der Waals surface area contributed by atoms with Crippen molar-refractivity contribution < 1.29 is 4.79 Å². The maximum absolute atomic E-state index is 10.9. The normalized spacial score (nSPS) is 10.6. The summed E-state index contributed by atoms with van der Waals surface area (Å²) in [6.07, 6.45) is 1.89. The van der Waals surface area contributed by atoms with Crippen LogP contribution >= 0.6 is 22.7 Å². The highest BCUT2D eigenvalue weighted by molar-refractivity contribution is 7.11. The van der Waals surface area contributed by atoms with E-state index in [0.29, 0.717) is 5.56 Å². The van der Waals surface area contributed by atoms with Gasteiger partial charge in [-0.25, -0.2) is 4.98 Å². The van der Waals surface area contributed by atoms with Gasteiger partial charge in [0.2, 0.25) is 5.91 Å². The summed E-state index contributed by atoms with van der Waals surface area (Å²) in [6.45, 7) is 3.54. The second-order valence-electron chi connectivity index (χ2n) is 3.62. The van der Waals surface area contributed by atoms with Crippen molar-refractivity contribution in [3.05, 3.63) is 38.0 Å². The maximum Gasteiger partial charge on any atom is 0.249 e. The fraction of sp³-hybridized carbons (Fsp3) is 0.273. The van der Waals surface area contributed by atoms with Gasteiger partial charge in [-0.05, 0) is 13.0 Å². The number of nitrogens with two attached hydrogens (primary N) is 1. The van der Waals surface area contributed by atoms with E-state index in [9.17, 15) is 4.79 Å². The number of rotatable bonds is 5. The largest absolute Gasteiger partial charge is 0.366 e. The lowest BCUT2D eigenvalue weighted by Gasteiger charge is -1.99. The number of primary amides is 1. The first-order valence-corrected chi connectivity index (χ1v) is 6.84. The van der Waals surface area contributed by atoms with E-state index < -0.39 is 0 Å². The van der Waals surface area contributed by atoms with Gasteiger partial charge in [-0.2, -0.15) is 0 Å². The zero-order valence-corrected chi connectivity index (χ0v) is 11.0. The number of thiophene rings is 1. The molecule has 0 radical (unpaired) electrons. The summed E-state index contributed by atoms with van der Waals surface area (Å²) < 4.78 is 0. The molecular weight excluding hydrogens is 254 g/mol. The molecule has 0 aromatic carbocycles. The van der Waals surface area contributed by atoms with Crippen LogP contribution in [0.2, 0.25) is 0 Å². The average molecular weight is 267 g/mol. The SMILES string of the molecule is Cc1ncc(CNCc2cc(C(N)=O)cs2)s1. The minimum absolute atomic E-state index is 0.370. The molecule has 1 amide bonds. The lowest BCUT2D eigenvalue weighted by atomic mass is 10.3. The number of nitrogens with one attached hydrogen (secondary N) is 1. The molecule has 0 saturated heterocycles. The zero-order valence-electron chi connectivity index (χ0n) is 9.40. The van der Waals surface area contributed by atoms with Gasteiger partial charge in [0.1, 0.15) is 0 Å². The second kappa shape index (κ2) is 5.39. The highest BCUT2D eigenvalue weighted by atomic mass is 32.1. The van der Waals surface area contributed by atoms with Gasteiger partial charge in [0, 0.05) is 34.4 Å². The summed E-state index contributed by atoms with van der Waals surface area (Å²) in [6, 6.07) is 1.83. The van der Waals surface area contributed by atoms with Gasteiger partial charge in [-0.15, -0.1) is 22.7 Å². The molecule has 90 valence electrons. The van der Waals surface area contributed by atoms with Crippen molar-refractivity contribution in [3.63, 3.8) is 0 Å². The molecule has 0 bridgehead atoms. The monoisotopic (exact) mass is 267 g/mol. The first-order valence-electron chi connectivity index (χ1n) is 5.14. The molecule has 2 aromatic rings. The number of amides is 1. The summed E-state index contributed by atoms with van der Waals surface area (Å²) in [5.74, 6) is -0.370. The third kappa shape index (κ3) is 3.36. The molecule has 0 spiro atoms. The minimum atomic E-state index is -0.370. The lowest BCUT2D eigenvalue weighted by molar-refractivity contribution is 0.100. The van der Waals surface area contributed by atoms with Gasteiger partial charge in [0.25, 0.3) is 0 Å². The van der Waals surface area contributed by atoms with E-state index in [0.717, 1.165) is 23.0 Å². The Balaban J connectivity index is 1.83. The van der Waals surface area contributed by atoms with E-state index in [-0.39, 0.29) is 5.91 Å². The van der Waals surface area contributed by atoms with Crippen LogP contribution in [-0.2, 0) is 13.1 Å². The van der Waals surface area contributed by atoms with E-state index in [1.54, 1.807) is 28.1 Å². The van der Waals surface area contributed by atoms with Crippen LogP contribution in [-0.4, -0.2) is 10.9 Å². The van der Waals surface area contributed by atoms with E-state index in [1.807, 2.05) is 19.2 Å². The van der Waals surface area contributed by atoms with Crippen LogP contribution in [0.15, 0.2) is 17.6 Å². The van der Waals surface area contributed by atoms with Crippen LogP contribution in [0.5, 0.6) is 0 Å². The third-order valence-corrected chi connectivity index (χ3v) is 4.06.